The molecule has 24 heavy (non-hydrogen) atoms. The molecule has 1 aliphatic heterocycles. The van der Waals surface area contributed by atoms with Crippen LogP contribution >= 0.6 is 11.3 Å². The van der Waals surface area contributed by atoms with Crippen molar-refractivity contribution in [2.45, 2.75) is 18.8 Å². The molecule has 4 aromatic rings. The number of thiazole rings is 1. The maximum atomic E-state index is 4.82. The van der Waals surface area contributed by atoms with Crippen molar-refractivity contribution in [3.8, 4) is 0 Å². The summed E-state index contributed by atoms with van der Waals surface area (Å²) in [7, 11) is 0. The van der Waals surface area contributed by atoms with Crippen LogP contribution in [0, 0.1) is 0 Å². The fourth-order valence-corrected chi connectivity index (χ4v) is 4.37. The minimum atomic E-state index is 0.537. The zero-order valence-corrected chi connectivity index (χ0v) is 13.7. The van der Waals surface area contributed by atoms with E-state index in [-0.39, 0.29) is 0 Å². The second-order valence-electron chi connectivity index (χ2n) is 6.00. The number of tetrazole rings is 1. The van der Waals surface area contributed by atoms with Crippen molar-refractivity contribution in [3.05, 3.63) is 41.4 Å². The Balaban J connectivity index is 1.34. The molecule has 8 heteroatoms. The zero-order chi connectivity index (χ0) is 15.9. The molecule has 0 aliphatic carbocycles. The summed E-state index contributed by atoms with van der Waals surface area (Å²) in [6.07, 6.45) is 2.18. The number of nitrogens with zero attached hydrogens (tertiary/aromatic N) is 7. The fraction of sp³-hybridized carbons (Fsp3) is 0.312. The summed E-state index contributed by atoms with van der Waals surface area (Å²) < 4.78 is 2.76. The first-order chi connectivity index (χ1) is 11.9. The van der Waals surface area contributed by atoms with Crippen LogP contribution in [0.2, 0.25) is 0 Å². The molecule has 3 aromatic heterocycles. The molecule has 1 aromatic carbocycles. The van der Waals surface area contributed by atoms with Gasteiger partial charge in [0.25, 0.3) is 0 Å². The van der Waals surface area contributed by atoms with Crippen LogP contribution < -0.4 is 4.90 Å². The van der Waals surface area contributed by atoms with Crippen LogP contribution in [0.5, 0.6) is 0 Å². The van der Waals surface area contributed by atoms with Crippen molar-refractivity contribution in [2.24, 2.45) is 0 Å². The van der Waals surface area contributed by atoms with Crippen molar-refractivity contribution in [3.63, 3.8) is 0 Å². The van der Waals surface area contributed by atoms with Gasteiger partial charge in [0, 0.05) is 19.0 Å². The van der Waals surface area contributed by atoms with Crippen LogP contribution in [0.1, 0.15) is 23.8 Å². The minimum Gasteiger partial charge on any atom is -0.355 e. The van der Waals surface area contributed by atoms with Gasteiger partial charge >= 0.3 is 0 Å². The van der Waals surface area contributed by atoms with Crippen LogP contribution in [-0.2, 0) is 0 Å². The summed E-state index contributed by atoms with van der Waals surface area (Å²) in [5, 5.41) is 17.1. The summed E-state index contributed by atoms with van der Waals surface area (Å²) in [5.74, 6) is 1.47. The number of aromatic nitrogens is 6. The Morgan fingerprint density at radius 3 is 2.79 bits per heavy atom. The van der Waals surface area contributed by atoms with Crippen molar-refractivity contribution in [2.75, 3.05) is 18.0 Å². The molecule has 1 saturated heterocycles. The molecule has 7 nitrogen and oxygen atoms in total. The Morgan fingerprint density at radius 2 is 1.92 bits per heavy atom. The molecule has 5 rings (SSSR count). The lowest BCUT2D eigenvalue weighted by molar-refractivity contribution is 0.498. The molecule has 1 fully saturated rings. The van der Waals surface area contributed by atoms with Crippen molar-refractivity contribution >= 4 is 33.0 Å². The van der Waals surface area contributed by atoms with E-state index in [2.05, 4.69) is 49.8 Å². The van der Waals surface area contributed by atoms with Gasteiger partial charge in [-0.2, -0.15) is 0 Å². The molecule has 0 unspecified atom stereocenters. The fourth-order valence-electron chi connectivity index (χ4n) is 3.23. The van der Waals surface area contributed by atoms with Crippen LogP contribution in [-0.4, -0.2) is 43.3 Å². The lowest BCUT2D eigenvalue weighted by atomic mass is 9.97. The molecule has 0 spiro atoms. The first kappa shape index (κ1) is 13.8. The maximum absolute atomic E-state index is 4.82. The molecular formula is C16H15N7S. The third-order valence-corrected chi connectivity index (χ3v) is 5.73. The third-order valence-electron chi connectivity index (χ3n) is 4.53. The predicted octanol–water partition coefficient (Wildman–Crippen LogP) is 2.51. The number of benzene rings is 1. The van der Waals surface area contributed by atoms with Gasteiger partial charge in [-0.05, 0) is 47.5 Å². The van der Waals surface area contributed by atoms with E-state index < -0.39 is 0 Å². The Labute approximate surface area is 141 Å². The second kappa shape index (κ2) is 5.48. The topological polar surface area (TPSA) is 72.1 Å². The van der Waals surface area contributed by atoms with E-state index in [0.29, 0.717) is 11.6 Å². The quantitative estimate of drug-likeness (QED) is 0.560. The van der Waals surface area contributed by atoms with E-state index in [1.165, 1.54) is 14.3 Å². The van der Waals surface area contributed by atoms with E-state index in [1.54, 1.807) is 0 Å². The summed E-state index contributed by atoms with van der Waals surface area (Å²) >= 11 is 1.83. The number of hydrogen-bond donors (Lipinski definition) is 0. The average Bonchev–Trinajstić information content (AvgIpc) is 3.27. The van der Waals surface area contributed by atoms with E-state index in [9.17, 15) is 0 Å². The Hall–Kier alpha value is -2.61. The highest BCUT2D eigenvalue weighted by atomic mass is 32.1. The summed E-state index contributed by atoms with van der Waals surface area (Å²) in [5.41, 5.74) is 1.79. The van der Waals surface area contributed by atoms with Gasteiger partial charge in [-0.25, -0.2) is 4.98 Å². The number of fused-ring (bicyclic) bond motifs is 2. The molecule has 0 saturated carbocycles. The molecule has 0 atom stereocenters. The lowest BCUT2D eigenvalue weighted by Gasteiger charge is -2.31. The van der Waals surface area contributed by atoms with Gasteiger partial charge in [0.1, 0.15) is 0 Å². The normalized spacial score (nSPS) is 16.2. The van der Waals surface area contributed by atoms with Gasteiger partial charge in [-0.15, -0.1) is 26.2 Å². The summed E-state index contributed by atoms with van der Waals surface area (Å²) in [4.78, 5) is 7.12. The molecule has 1 aliphatic rings. The van der Waals surface area contributed by atoms with Crippen molar-refractivity contribution in [1.82, 2.24) is 30.2 Å². The molecular weight excluding hydrogens is 322 g/mol. The van der Waals surface area contributed by atoms with Gasteiger partial charge in [0.05, 0.1) is 15.2 Å². The smallest absolute Gasteiger partial charge is 0.200 e. The van der Waals surface area contributed by atoms with Gasteiger partial charge in [-0.3, -0.25) is 0 Å². The zero-order valence-electron chi connectivity index (χ0n) is 12.9. The number of rotatable bonds is 2. The van der Waals surface area contributed by atoms with Gasteiger partial charge in [0.2, 0.25) is 0 Å². The van der Waals surface area contributed by atoms with E-state index >= 15 is 0 Å². The summed E-state index contributed by atoms with van der Waals surface area (Å²) in [6, 6.07) is 12.3. The number of piperidine rings is 1. The van der Waals surface area contributed by atoms with Gasteiger partial charge in [-0.1, -0.05) is 12.1 Å². The SMILES string of the molecule is c1ccc2sc(C3CCN(c4ccc5nnnn5n4)CC3)nc2c1. The first-order valence-corrected chi connectivity index (χ1v) is 8.84. The highest BCUT2D eigenvalue weighted by Crippen LogP contribution is 2.34. The summed E-state index contributed by atoms with van der Waals surface area (Å²) in [6.45, 7) is 1.95. The number of para-hydroxylation sites is 1. The largest absolute Gasteiger partial charge is 0.355 e. The minimum absolute atomic E-state index is 0.537. The average molecular weight is 337 g/mol. The highest BCUT2D eigenvalue weighted by Gasteiger charge is 2.24. The lowest BCUT2D eigenvalue weighted by Crippen LogP contribution is -2.33. The van der Waals surface area contributed by atoms with E-state index in [1.807, 2.05) is 23.5 Å². The van der Waals surface area contributed by atoms with Gasteiger partial charge < -0.3 is 4.90 Å². The second-order valence-corrected chi connectivity index (χ2v) is 7.06. The predicted molar refractivity (Wildman–Crippen MR) is 92.4 cm³/mol. The molecule has 0 bridgehead atoms. The van der Waals surface area contributed by atoms with Crippen molar-refractivity contribution in [1.29, 1.82) is 0 Å². The molecule has 0 amide bonds. The Bertz CT molecular complexity index is 957. The van der Waals surface area contributed by atoms with Crippen LogP contribution in [0.3, 0.4) is 0 Å². The van der Waals surface area contributed by atoms with Crippen molar-refractivity contribution < 1.29 is 0 Å². The van der Waals surface area contributed by atoms with Crippen LogP contribution in [0.25, 0.3) is 15.9 Å². The molecule has 0 N–H and O–H groups in total. The molecule has 120 valence electrons. The standard InChI is InChI=1S/C16H15N7S/c1-2-4-13-12(3-1)17-16(24-13)11-7-9-22(10-8-11)15-6-5-14-18-20-21-23(14)19-15/h1-6,11H,7-10H2. The highest BCUT2D eigenvalue weighted by molar-refractivity contribution is 7.18. The van der Waals surface area contributed by atoms with E-state index in [4.69, 9.17) is 4.98 Å². The van der Waals surface area contributed by atoms with E-state index in [0.717, 1.165) is 37.3 Å². The third kappa shape index (κ3) is 2.30. The van der Waals surface area contributed by atoms with Gasteiger partial charge in [0.15, 0.2) is 11.5 Å². The van der Waals surface area contributed by atoms with Crippen LogP contribution in [0.4, 0.5) is 5.82 Å². The molecule has 4 heterocycles. The number of hydrogen-bond acceptors (Lipinski definition) is 7. The monoisotopic (exact) mass is 337 g/mol. The van der Waals surface area contributed by atoms with Crippen LogP contribution in [0.15, 0.2) is 36.4 Å². The maximum Gasteiger partial charge on any atom is 0.200 e. The Kier molecular flexibility index (Phi) is 3.15. The first-order valence-electron chi connectivity index (χ1n) is 8.03. The molecule has 0 radical (unpaired) electrons. The number of anilines is 1. The Morgan fingerprint density at radius 1 is 1.04 bits per heavy atom.